The van der Waals surface area contributed by atoms with Crippen molar-refractivity contribution in [2.45, 2.75) is 13.3 Å². The third-order valence-corrected chi connectivity index (χ3v) is 2.57. The number of H-pyrrole nitrogens is 1. The van der Waals surface area contributed by atoms with Crippen molar-refractivity contribution in [3.05, 3.63) is 29.1 Å². The summed E-state index contributed by atoms with van der Waals surface area (Å²) in [4.78, 5) is 11.7. The van der Waals surface area contributed by atoms with Crippen LogP contribution >= 0.6 is 0 Å². The Bertz CT molecular complexity index is 408. The third kappa shape index (κ3) is 2.70. The lowest BCUT2D eigenvalue weighted by atomic mass is 10.1. The number of hydrogen-bond acceptors (Lipinski definition) is 3. The second-order valence-electron chi connectivity index (χ2n) is 3.94. The number of carbonyl (C=O) groups excluding carboxylic acids is 1. The zero-order valence-corrected chi connectivity index (χ0v) is 9.34. The number of carbonyl (C=O) groups is 1. The van der Waals surface area contributed by atoms with Crippen LogP contribution in [0.15, 0.2) is 17.7 Å². The van der Waals surface area contributed by atoms with Crippen LogP contribution in [0.1, 0.15) is 22.6 Å². The maximum absolute atomic E-state index is 11.7. The zero-order chi connectivity index (χ0) is 11.4. The zero-order valence-electron chi connectivity index (χ0n) is 9.34. The largest absolute Gasteiger partial charge is 0.347 e. The van der Waals surface area contributed by atoms with Gasteiger partial charge in [0.15, 0.2) is 0 Å². The Hall–Kier alpha value is -1.62. The predicted molar refractivity (Wildman–Crippen MR) is 61.2 cm³/mol. The maximum Gasteiger partial charge on any atom is 0.272 e. The van der Waals surface area contributed by atoms with Gasteiger partial charge in [0.05, 0.1) is 0 Å². The van der Waals surface area contributed by atoms with E-state index in [4.69, 9.17) is 0 Å². The lowest BCUT2D eigenvalue weighted by molar-refractivity contribution is 0.0951. The Morgan fingerprint density at radius 3 is 3.12 bits per heavy atom. The van der Waals surface area contributed by atoms with Gasteiger partial charge < -0.3 is 10.6 Å². The number of rotatable bonds is 3. The van der Waals surface area contributed by atoms with Gasteiger partial charge in [0.25, 0.3) is 5.91 Å². The molecule has 1 aliphatic rings. The van der Waals surface area contributed by atoms with Crippen molar-refractivity contribution < 1.29 is 4.79 Å². The molecule has 0 radical (unpaired) electrons. The highest BCUT2D eigenvalue weighted by molar-refractivity contribution is 5.92. The van der Waals surface area contributed by atoms with Crippen molar-refractivity contribution in [3.63, 3.8) is 0 Å². The van der Waals surface area contributed by atoms with Crippen LogP contribution in [0.5, 0.6) is 0 Å². The van der Waals surface area contributed by atoms with E-state index in [1.807, 2.05) is 6.92 Å². The number of aromatic amines is 1. The molecule has 0 saturated carbocycles. The molecule has 5 nitrogen and oxygen atoms in total. The van der Waals surface area contributed by atoms with Crippen LogP contribution in [0.3, 0.4) is 0 Å². The average molecular weight is 220 g/mol. The lowest BCUT2D eigenvalue weighted by Crippen LogP contribution is -2.29. The number of amides is 1. The number of hydrogen-bond donors (Lipinski definition) is 3. The molecular weight excluding hydrogens is 204 g/mol. The Kier molecular flexibility index (Phi) is 3.36. The molecule has 1 aromatic heterocycles. The summed E-state index contributed by atoms with van der Waals surface area (Å²) < 4.78 is 0. The van der Waals surface area contributed by atoms with Crippen molar-refractivity contribution >= 4 is 5.91 Å². The van der Waals surface area contributed by atoms with Gasteiger partial charge in [-0.15, -0.1) is 0 Å². The van der Waals surface area contributed by atoms with E-state index < -0.39 is 0 Å². The minimum absolute atomic E-state index is 0.121. The molecule has 0 bridgehead atoms. The summed E-state index contributed by atoms with van der Waals surface area (Å²) >= 11 is 0. The summed E-state index contributed by atoms with van der Waals surface area (Å²) in [6.07, 6.45) is 3.12. The Morgan fingerprint density at radius 1 is 1.62 bits per heavy atom. The van der Waals surface area contributed by atoms with Gasteiger partial charge in [-0.3, -0.25) is 9.89 Å². The first-order valence-corrected chi connectivity index (χ1v) is 5.44. The van der Waals surface area contributed by atoms with Crippen LogP contribution in [0.4, 0.5) is 0 Å². The second-order valence-corrected chi connectivity index (χ2v) is 3.94. The van der Waals surface area contributed by atoms with Gasteiger partial charge in [-0.25, -0.2) is 0 Å². The first-order chi connectivity index (χ1) is 7.75. The molecule has 86 valence electrons. The monoisotopic (exact) mass is 220 g/mol. The van der Waals surface area contributed by atoms with Crippen molar-refractivity contribution in [1.29, 1.82) is 0 Å². The topological polar surface area (TPSA) is 69.8 Å². The summed E-state index contributed by atoms with van der Waals surface area (Å²) in [5, 5.41) is 12.8. The van der Waals surface area contributed by atoms with Crippen molar-refractivity contribution in [2.24, 2.45) is 0 Å². The van der Waals surface area contributed by atoms with Crippen molar-refractivity contribution in [1.82, 2.24) is 20.8 Å². The highest BCUT2D eigenvalue weighted by Gasteiger charge is 2.10. The molecule has 2 rings (SSSR count). The van der Waals surface area contributed by atoms with Gasteiger partial charge in [-0.2, -0.15) is 5.10 Å². The van der Waals surface area contributed by atoms with E-state index in [9.17, 15) is 4.79 Å². The molecule has 1 aromatic rings. The van der Waals surface area contributed by atoms with Crippen LogP contribution in [-0.4, -0.2) is 35.7 Å². The van der Waals surface area contributed by atoms with Crippen LogP contribution in [0.25, 0.3) is 0 Å². The molecule has 0 fully saturated rings. The highest BCUT2D eigenvalue weighted by atomic mass is 16.1. The molecule has 5 heteroatoms. The number of nitrogens with zero attached hydrogens (tertiary/aromatic N) is 1. The normalized spacial score (nSPS) is 15.7. The van der Waals surface area contributed by atoms with Crippen LogP contribution in [-0.2, 0) is 0 Å². The molecule has 0 spiro atoms. The van der Waals surface area contributed by atoms with Crippen LogP contribution in [0.2, 0.25) is 0 Å². The molecule has 0 aliphatic carbocycles. The van der Waals surface area contributed by atoms with E-state index in [0.29, 0.717) is 12.2 Å². The van der Waals surface area contributed by atoms with E-state index in [1.54, 1.807) is 6.07 Å². The standard InChI is InChI=1S/C11H16N4O/c1-8-6-10(15-14-8)11(16)13-7-9-2-4-12-5-3-9/h2,6,12H,3-5,7H2,1H3,(H,13,16)(H,14,15). The molecule has 1 aliphatic heterocycles. The Labute approximate surface area is 94.3 Å². The quantitative estimate of drug-likeness (QED) is 0.644. The summed E-state index contributed by atoms with van der Waals surface area (Å²) in [5.74, 6) is -0.121. The first kappa shape index (κ1) is 10.9. The van der Waals surface area contributed by atoms with Crippen molar-refractivity contribution in [3.8, 4) is 0 Å². The molecule has 3 N–H and O–H groups in total. The fourth-order valence-electron chi connectivity index (χ4n) is 1.65. The van der Waals surface area contributed by atoms with E-state index in [2.05, 4.69) is 26.9 Å². The highest BCUT2D eigenvalue weighted by Crippen LogP contribution is 2.03. The summed E-state index contributed by atoms with van der Waals surface area (Å²) in [6, 6.07) is 1.74. The lowest BCUT2D eigenvalue weighted by Gasteiger charge is -2.13. The van der Waals surface area contributed by atoms with Gasteiger partial charge in [0.2, 0.25) is 0 Å². The van der Waals surface area contributed by atoms with Gasteiger partial charge >= 0.3 is 0 Å². The van der Waals surface area contributed by atoms with E-state index in [-0.39, 0.29) is 5.91 Å². The van der Waals surface area contributed by atoms with Gasteiger partial charge in [-0.05, 0) is 26.0 Å². The summed E-state index contributed by atoms with van der Waals surface area (Å²) in [7, 11) is 0. The van der Waals surface area contributed by atoms with Gasteiger partial charge in [-0.1, -0.05) is 11.6 Å². The minimum Gasteiger partial charge on any atom is -0.347 e. The van der Waals surface area contributed by atoms with Crippen LogP contribution < -0.4 is 10.6 Å². The number of aryl methyl sites for hydroxylation is 1. The Morgan fingerprint density at radius 2 is 2.50 bits per heavy atom. The summed E-state index contributed by atoms with van der Waals surface area (Å²) in [5.41, 5.74) is 2.62. The van der Waals surface area contributed by atoms with E-state index in [0.717, 1.165) is 25.2 Å². The van der Waals surface area contributed by atoms with Gasteiger partial charge in [0, 0.05) is 18.8 Å². The second kappa shape index (κ2) is 4.94. The third-order valence-electron chi connectivity index (χ3n) is 2.57. The SMILES string of the molecule is Cc1cc(C(=O)NCC2=CCNCC2)n[nH]1. The molecule has 0 saturated heterocycles. The Balaban J connectivity index is 1.86. The number of aromatic nitrogens is 2. The van der Waals surface area contributed by atoms with Gasteiger partial charge in [0.1, 0.15) is 5.69 Å². The molecule has 1 amide bonds. The van der Waals surface area contributed by atoms with Crippen LogP contribution in [0, 0.1) is 6.92 Å². The summed E-state index contributed by atoms with van der Waals surface area (Å²) in [6.45, 7) is 4.38. The van der Waals surface area contributed by atoms with E-state index in [1.165, 1.54) is 5.57 Å². The fourth-order valence-corrected chi connectivity index (χ4v) is 1.65. The smallest absolute Gasteiger partial charge is 0.272 e. The molecule has 0 aromatic carbocycles. The van der Waals surface area contributed by atoms with E-state index >= 15 is 0 Å². The molecule has 16 heavy (non-hydrogen) atoms. The predicted octanol–water partition coefficient (Wildman–Crippen LogP) is 0.368. The number of nitrogens with one attached hydrogen (secondary N) is 3. The molecular formula is C11H16N4O. The first-order valence-electron chi connectivity index (χ1n) is 5.44. The maximum atomic E-state index is 11.7. The molecule has 2 heterocycles. The average Bonchev–Trinajstić information content (AvgIpc) is 2.74. The fraction of sp³-hybridized carbons (Fsp3) is 0.455. The minimum atomic E-state index is -0.121. The molecule has 0 atom stereocenters. The molecule has 0 unspecified atom stereocenters. The van der Waals surface area contributed by atoms with Crippen molar-refractivity contribution in [2.75, 3.05) is 19.6 Å².